The van der Waals surface area contributed by atoms with Crippen molar-refractivity contribution in [3.63, 3.8) is 0 Å². The lowest BCUT2D eigenvalue weighted by Crippen LogP contribution is -2.35. The molecule has 110 valence electrons. The fraction of sp³-hybridized carbons (Fsp3) is 0.455. The number of halogens is 1. The van der Waals surface area contributed by atoms with Gasteiger partial charge in [0.25, 0.3) is 0 Å². The minimum Gasteiger partial charge on any atom is -0.206 e. The second-order valence-electron chi connectivity index (χ2n) is 3.66. The van der Waals surface area contributed by atoms with E-state index in [1.165, 1.54) is 18.2 Å². The number of aryl methyl sites for hydroxylation is 1. The minimum absolute atomic E-state index is 0.0527. The van der Waals surface area contributed by atoms with Gasteiger partial charge in [-0.3, -0.25) is 0 Å². The summed E-state index contributed by atoms with van der Waals surface area (Å²) >= 11 is 5.80. The lowest BCUT2D eigenvalue weighted by molar-refractivity contribution is 0.590. The van der Waals surface area contributed by atoms with Crippen molar-refractivity contribution >= 4 is 37.3 Å². The molecule has 0 aromatic heterocycles. The molecular weight excluding hydrogens is 310 g/mol. The predicted octanol–water partition coefficient (Wildman–Crippen LogP) is 2.40. The molecule has 5 nitrogen and oxygen atoms in total. The van der Waals surface area contributed by atoms with Gasteiger partial charge in [-0.1, -0.05) is 25.4 Å². The summed E-state index contributed by atoms with van der Waals surface area (Å²) in [6, 6.07) is 4.21. The number of sulfonamides is 2. The van der Waals surface area contributed by atoms with Gasteiger partial charge in [0.2, 0.25) is 20.0 Å². The van der Waals surface area contributed by atoms with Crippen LogP contribution in [0, 0.1) is 6.92 Å². The summed E-state index contributed by atoms with van der Waals surface area (Å²) in [5, 5.41) is 0.440. The van der Waals surface area contributed by atoms with Gasteiger partial charge in [0.05, 0.1) is 18.2 Å². The maximum absolute atomic E-state index is 11.5. The van der Waals surface area contributed by atoms with Crippen LogP contribution in [0.4, 0.5) is 5.69 Å². The van der Waals surface area contributed by atoms with E-state index in [1.807, 2.05) is 13.8 Å². The van der Waals surface area contributed by atoms with Gasteiger partial charge in [-0.05, 0) is 30.7 Å². The highest BCUT2D eigenvalue weighted by Crippen LogP contribution is 2.25. The highest BCUT2D eigenvalue weighted by molar-refractivity contribution is 8.09. The van der Waals surface area contributed by atoms with Crippen LogP contribution in [-0.4, -0.2) is 29.3 Å². The lowest BCUT2D eigenvalue weighted by Gasteiger charge is -2.20. The Morgan fingerprint density at radius 1 is 1.00 bits per heavy atom. The van der Waals surface area contributed by atoms with E-state index in [9.17, 15) is 16.8 Å². The van der Waals surface area contributed by atoms with Crippen molar-refractivity contribution in [2.45, 2.75) is 20.8 Å². The smallest absolute Gasteiger partial charge is 0.206 e. The Morgan fingerprint density at radius 2 is 1.42 bits per heavy atom. The first-order valence-corrected chi connectivity index (χ1v) is 9.57. The molecule has 0 N–H and O–H groups in total. The molecule has 0 radical (unpaired) electrons. The quantitative estimate of drug-likeness (QED) is 0.854. The van der Waals surface area contributed by atoms with Crippen molar-refractivity contribution in [2.24, 2.45) is 0 Å². The molecular formula is C11H18ClNO4S2. The van der Waals surface area contributed by atoms with Crippen LogP contribution in [0.25, 0.3) is 0 Å². The summed E-state index contributed by atoms with van der Waals surface area (Å²) in [7, 11) is -7.81. The first kappa shape index (κ1) is 18.2. The summed E-state index contributed by atoms with van der Waals surface area (Å²) < 4.78 is 46.3. The number of rotatable bonds is 3. The molecule has 0 saturated heterocycles. The largest absolute Gasteiger partial charge is 0.245 e. The van der Waals surface area contributed by atoms with E-state index in [0.29, 0.717) is 14.3 Å². The van der Waals surface area contributed by atoms with Crippen LogP contribution in [0.2, 0.25) is 5.02 Å². The summed E-state index contributed by atoms with van der Waals surface area (Å²) in [5.41, 5.74) is 0.651. The van der Waals surface area contributed by atoms with E-state index in [4.69, 9.17) is 11.6 Å². The van der Waals surface area contributed by atoms with Crippen molar-refractivity contribution < 1.29 is 16.8 Å². The van der Waals surface area contributed by atoms with Crippen LogP contribution in [0.1, 0.15) is 19.4 Å². The van der Waals surface area contributed by atoms with E-state index in [0.717, 1.165) is 12.5 Å². The maximum atomic E-state index is 11.5. The molecule has 0 bridgehead atoms. The zero-order valence-electron chi connectivity index (χ0n) is 11.5. The molecule has 8 heteroatoms. The van der Waals surface area contributed by atoms with Gasteiger partial charge in [-0.15, -0.1) is 0 Å². The van der Waals surface area contributed by atoms with Crippen molar-refractivity contribution in [1.82, 2.24) is 0 Å². The predicted molar refractivity (Wildman–Crippen MR) is 79.7 cm³/mol. The number of nitrogens with zero attached hydrogens (tertiary/aromatic N) is 1. The summed E-state index contributed by atoms with van der Waals surface area (Å²) in [5.74, 6) is 0. The Kier molecular flexibility index (Phi) is 6.31. The van der Waals surface area contributed by atoms with Crippen molar-refractivity contribution in [2.75, 3.05) is 16.2 Å². The third kappa shape index (κ3) is 5.00. The summed E-state index contributed by atoms with van der Waals surface area (Å²) in [6.07, 6.45) is 1.66. The Morgan fingerprint density at radius 3 is 1.74 bits per heavy atom. The van der Waals surface area contributed by atoms with E-state index >= 15 is 0 Å². The molecule has 0 aliphatic carbocycles. The molecule has 0 aliphatic rings. The second kappa shape index (κ2) is 6.58. The van der Waals surface area contributed by atoms with Gasteiger partial charge >= 0.3 is 0 Å². The van der Waals surface area contributed by atoms with Crippen LogP contribution < -0.4 is 3.71 Å². The summed E-state index contributed by atoms with van der Waals surface area (Å²) in [4.78, 5) is 0. The first-order chi connectivity index (χ1) is 8.53. The fourth-order valence-corrected chi connectivity index (χ4v) is 4.45. The molecule has 0 spiro atoms. The van der Waals surface area contributed by atoms with E-state index in [-0.39, 0.29) is 5.69 Å². The number of hydrogen-bond acceptors (Lipinski definition) is 4. The van der Waals surface area contributed by atoms with Gasteiger partial charge < -0.3 is 0 Å². The molecule has 0 fully saturated rings. The third-order valence-electron chi connectivity index (χ3n) is 1.95. The number of hydrogen-bond donors (Lipinski definition) is 0. The normalized spacial score (nSPS) is 11.5. The number of anilines is 1. The third-order valence-corrected chi connectivity index (χ3v) is 5.63. The van der Waals surface area contributed by atoms with Gasteiger partial charge in [0, 0.05) is 5.02 Å². The standard InChI is InChI=1S/C9H12ClNO4S2.C2H6/c1-7-6-8(4-5-9(7)10)11(16(2,12)13)17(3,14)15;1-2/h4-6H,1-3H3;1-2H3. The monoisotopic (exact) mass is 327 g/mol. The van der Waals surface area contributed by atoms with Crippen molar-refractivity contribution in [3.05, 3.63) is 28.8 Å². The van der Waals surface area contributed by atoms with Crippen molar-refractivity contribution in [3.8, 4) is 0 Å². The van der Waals surface area contributed by atoms with Crippen LogP contribution in [0.3, 0.4) is 0 Å². The first-order valence-electron chi connectivity index (χ1n) is 5.50. The zero-order valence-corrected chi connectivity index (χ0v) is 13.9. The van der Waals surface area contributed by atoms with Gasteiger partial charge in [0.15, 0.2) is 0 Å². The van der Waals surface area contributed by atoms with Crippen LogP contribution in [-0.2, 0) is 20.0 Å². The molecule has 0 amide bonds. The SMILES string of the molecule is CC.Cc1cc(N(S(C)(=O)=O)S(C)(=O)=O)ccc1Cl. The Balaban J connectivity index is 0.00000154. The van der Waals surface area contributed by atoms with E-state index in [1.54, 1.807) is 6.92 Å². The molecule has 0 unspecified atom stereocenters. The molecule has 0 aliphatic heterocycles. The van der Waals surface area contributed by atoms with Crippen molar-refractivity contribution in [1.29, 1.82) is 0 Å². The summed E-state index contributed by atoms with van der Waals surface area (Å²) in [6.45, 7) is 5.66. The van der Waals surface area contributed by atoms with Crippen LogP contribution >= 0.6 is 11.6 Å². The Labute approximate surface area is 120 Å². The molecule has 19 heavy (non-hydrogen) atoms. The minimum atomic E-state index is -3.90. The molecule has 1 rings (SSSR count). The number of benzene rings is 1. The lowest BCUT2D eigenvalue weighted by atomic mass is 10.2. The van der Waals surface area contributed by atoms with Gasteiger partial charge in [0.1, 0.15) is 0 Å². The molecule has 0 heterocycles. The van der Waals surface area contributed by atoms with Crippen LogP contribution in [0.15, 0.2) is 18.2 Å². The highest BCUT2D eigenvalue weighted by atomic mass is 35.5. The Hall–Kier alpha value is -0.790. The molecule has 0 atom stereocenters. The van der Waals surface area contributed by atoms with Gasteiger partial charge in [-0.2, -0.15) is 3.71 Å². The van der Waals surface area contributed by atoms with E-state index < -0.39 is 20.0 Å². The van der Waals surface area contributed by atoms with Gasteiger partial charge in [-0.25, -0.2) is 16.8 Å². The van der Waals surface area contributed by atoms with E-state index in [2.05, 4.69) is 0 Å². The highest BCUT2D eigenvalue weighted by Gasteiger charge is 2.27. The maximum Gasteiger partial charge on any atom is 0.245 e. The van der Waals surface area contributed by atoms with Crippen LogP contribution in [0.5, 0.6) is 0 Å². The average Bonchev–Trinajstić information content (AvgIpc) is 2.22. The average molecular weight is 328 g/mol. The zero-order chi connectivity index (χ0) is 15.4. The Bertz CT molecular complexity index is 607. The molecule has 0 saturated carbocycles. The fourth-order valence-electron chi connectivity index (χ4n) is 1.37. The molecule has 1 aromatic rings. The molecule has 1 aromatic carbocycles. The second-order valence-corrected chi connectivity index (χ2v) is 7.96. The topological polar surface area (TPSA) is 71.5 Å².